The second kappa shape index (κ2) is 13.0. The van der Waals surface area contributed by atoms with Gasteiger partial charge in [0.15, 0.2) is 5.78 Å². The van der Waals surface area contributed by atoms with Crippen LogP contribution >= 0.6 is 0 Å². The van der Waals surface area contributed by atoms with E-state index in [-0.39, 0.29) is 24.7 Å². The second-order valence-corrected chi connectivity index (χ2v) is 10.2. The summed E-state index contributed by atoms with van der Waals surface area (Å²) in [5.74, 6) is -2.71. The highest BCUT2D eigenvalue weighted by molar-refractivity contribution is 7.88. The number of hydrogen-bond donors (Lipinski definition) is 4. The molecule has 1 aromatic carbocycles. The molecule has 10 heteroatoms. The summed E-state index contributed by atoms with van der Waals surface area (Å²) < 4.78 is 25.3. The zero-order chi connectivity index (χ0) is 23.6. The van der Waals surface area contributed by atoms with Gasteiger partial charge in [-0.15, -0.1) is 0 Å². The zero-order valence-electron chi connectivity index (χ0n) is 18.8. The normalized spacial score (nSPS) is 13.6. The molecule has 0 aliphatic carbocycles. The minimum atomic E-state index is -3.57. The second-order valence-electron chi connectivity index (χ2n) is 8.40. The molecule has 0 bridgehead atoms. The van der Waals surface area contributed by atoms with E-state index in [1.165, 1.54) is 0 Å². The van der Waals surface area contributed by atoms with Gasteiger partial charge in [0.1, 0.15) is 0 Å². The molecule has 0 saturated carbocycles. The van der Waals surface area contributed by atoms with Crippen LogP contribution in [0.3, 0.4) is 0 Å². The Balaban J connectivity index is 2.93. The molecule has 31 heavy (non-hydrogen) atoms. The number of ketones is 1. The number of carbonyl (C=O) groups excluding carboxylic acids is 2. The minimum Gasteiger partial charge on any atom is -0.426 e. The van der Waals surface area contributed by atoms with Gasteiger partial charge in [0.25, 0.3) is 0 Å². The highest BCUT2D eigenvalue weighted by Gasteiger charge is 2.30. The molecule has 0 spiro atoms. The third-order valence-corrected chi connectivity index (χ3v) is 5.59. The third kappa shape index (κ3) is 10.9. The van der Waals surface area contributed by atoms with E-state index in [9.17, 15) is 28.1 Å². The Labute approximate surface area is 186 Å². The van der Waals surface area contributed by atoms with E-state index in [2.05, 4.69) is 17.0 Å². The molecular weight excluding hydrogens is 419 g/mol. The number of carbonyl (C=O) groups is 2. The molecule has 0 saturated heterocycles. The summed E-state index contributed by atoms with van der Waals surface area (Å²) in [7, 11) is -5.33. The van der Waals surface area contributed by atoms with Crippen molar-refractivity contribution in [2.45, 2.75) is 58.8 Å². The van der Waals surface area contributed by atoms with Gasteiger partial charge in [0.2, 0.25) is 15.9 Å². The van der Waals surface area contributed by atoms with Crippen LogP contribution in [0.1, 0.15) is 62.4 Å². The summed E-state index contributed by atoms with van der Waals surface area (Å²) >= 11 is 0. The summed E-state index contributed by atoms with van der Waals surface area (Å²) in [5.41, 5.74) is 1.57. The lowest BCUT2D eigenvalue weighted by molar-refractivity contribution is -0.125. The van der Waals surface area contributed by atoms with E-state index in [0.29, 0.717) is 12.0 Å². The minimum absolute atomic E-state index is 0.0903. The molecule has 174 valence electrons. The highest BCUT2D eigenvalue weighted by Crippen LogP contribution is 2.15. The molecule has 0 aliphatic heterocycles. The van der Waals surface area contributed by atoms with Crippen molar-refractivity contribution in [1.29, 1.82) is 0 Å². The van der Waals surface area contributed by atoms with Gasteiger partial charge in [-0.1, -0.05) is 51.5 Å². The lowest BCUT2D eigenvalue weighted by Gasteiger charge is -2.23. The van der Waals surface area contributed by atoms with E-state index < -0.39 is 34.9 Å². The average Bonchev–Trinajstić information content (AvgIpc) is 2.68. The topological polar surface area (TPSA) is 133 Å². The van der Waals surface area contributed by atoms with Crippen molar-refractivity contribution in [3.63, 3.8) is 0 Å². The monoisotopic (exact) mass is 454 g/mol. The molecule has 8 nitrogen and oxygen atoms in total. The van der Waals surface area contributed by atoms with Gasteiger partial charge in [-0.25, -0.2) is 13.1 Å². The fourth-order valence-corrected chi connectivity index (χ4v) is 3.66. The van der Waals surface area contributed by atoms with E-state index in [4.69, 9.17) is 0 Å². The summed E-state index contributed by atoms with van der Waals surface area (Å²) in [6.07, 6.45) is 4.14. The quantitative estimate of drug-likeness (QED) is 0.248. The Bertz CT molecular complexity index is 812. The van der Waals surface area contributed by atoms with Crippen molar-refractivity contribution in [3.05, 3.63) is 35.4 Å². The van der Waals surface area contributed by atoms with Crippen LogP contribution in [0.15, 0.2) is 24.3 Å². The molecule has 0 aromatic heterocycles. The Kier molecular flexibility index (Phi) is 11.4. The maximum absolute atomic E-state index is 12.8. The molecule has 0 radical (unpaired) electrons. The fraction of sp³-hybridized carbons (Fsp3) is 0.619. The summed E-state index contributed by atoms with van der Waals surface area (Å²) in [4.78, 5) is 25.5. The number of unbranched alkanes of at least 4 members (excludes halogenated alkanes) is 1. The highest BCUT2D eigenvalue weighted by atomic mass is 32.2. The molecule has 0 heterocycles. The van der Waals surface area contributed by atoms with Crippen molar-refractivity contribution in [2.75, 3.05) is 12.8 Å². The van der Waals surface area contributed by atoms with Crippen molar-refractivity contribution < 1.29 is 28.1 Å². The average molecular weight is 454 g/mol. The first kappa shape index (κ1) is 27.3. The van der Waals surface area contributed by atoms with Crippen LogP contribution in [0.5, 0.6) is 0 Å². The maximum Gasteiger partial charge on any atom is 0.475 e. The summed E-state index contributed by atoms with van der Waals surface area (Å²) in [6, 6.07) is 7.19. The van der Waals surface area contributed by atoms with Crippen molar-refractivity contribution in [2.24, 2.45) is 11.8 Å². The predicted octanol–water partition coefficient (Wildman–Crippen LogP) is 1.31. The summed E-state index contributed by atoms with van der Waals surface area (Å²) in [6.45, 7) is 5.59. The Morgan fingerprint density at radius 1 is 1.13 bits per heavy atom. The number of benzene rings is 1. The van der Waals surface area contributed by atoms with Gasteiger partial charge >= 0.3 is 7.12 Å². The van der Waals surface area contributed by atoms with Crippen LogP contribution in [-0.2, 0) is 21.2 Å². The summed E-state index contributed by atoms with van der Waals surface area (Å²) in [5, 5.41) is 21.7. The van der Waals surface area contributed by atoms with Gasteiger partial charge in [-0.2, -0.15) is 0 Å². The molecule has 2 atom stereocenters. The SMILES string of the molecule is CCCCc1ccc(C(=O)C[C@@H](CNS(C)(=O)=O)C(=O)N[C@@H](CC(C)C)B(O)O)cc1. The van der Waals surface area contributed by atoms with E-state index in [1.54, 1.807) is 12.1 Å². The smallest absolute Gasteiger partial charge is 0.426 e. The zero-order valence-corrected chi connectivity index (χ0v) is 19.6. The van der Waals surface area contributed by atoms with Gasteiger partial charge in [0, 0.05) is 18.5 Å². The van der Waals surface area contributed by atoms with Gasteiger partial charge in [-0.05, 0) is 30.7 Å². The molecule has 0 unspecified atom stereocenters. The van der Waals surface area contributed by atoms with Gasteiger partial charge in [0.05, 0.1) is 18.1 Å². The van der Waals surface area contributed by atoms with Crippen LogP contribution in [0, 0.1) is 11.8 Å². The number of nitrogens with one attached hydrogen (secondary N) is 2. The molecular formula is C21H35BN2O6S. The Morgan fingerprint density at radius 2 is 1.74 bits per heavy atom. The fourth-order valence-electron chi connectivity index (χ4n) is 3.15. The standard InChI is InChI=1S/C21H35BN2O6S/c1-5-6-7-16-8-10-17(11-9-16)19(25)13-18(14-23-31(4,29)30)21(26)24-20(22(27)28)12-15(2)3/h8-11,15,18,20,23,27-28H,5-7,12-14H2,1-4H3,(H,24,26)/t18-,20-/m0/s1. The van der Waals surface area contributed by atoms with Crippen LogP contribution in [0.2, 0.25) is 0 Å². The first-order valence-corrected chi connectivity index (χ1v) is 12.5. The predicted molar refractivity (Wildman–Crippen MR) is 122 cm³/mol. The van der Waals surface area contributed by atoms with Crippen LogP contribution < -0.4 is 10.0 Å². The van der Waals surface area contributed by atoms with Crippen molar-refractivity contribution in [3.8, 4) is 0 Å². The van der Waals surface area contributed by atoms with E-state index in [1.807, 2.05) is 26.0 Å². The van der Waals surface area contributed by atoms with Crippen molar-refractivity contribution in [1.82, 2.24) is 10.0 Å². The number of Topliss-reactive ketones (excluding diaryl/α,β-unsaturated/α-hetero) is 1. The van der Waals surface area contributed by atoms with Crippen LogP contribution in [0.25, 0.3) is 0 Å². The number of amides is 1. The van der Waals surface area contributed by atoms with Crippen molar-refractivity contribution >= 4 is 28.8 Å². The lowest BCUT2D eigenvalue weighted by Crippen LogP contribution is -2.50. The molecule has 1 aromatic rings. The molecule has 0 aliphatic rings. The Hall–Kier alpha value is -1.75. The molecule has 0 fully saturated rings. The maximum atomic E-state index is 12.8. The third-order valence-electron chi connectivity index (χ3n) is 4.90. The number of rotatable bonds is 14. The van der Waals surface area contributed by atoms with Gasteiger partial charge in [-0.3, -0.25) is 9.59 Å². The first-order chi connectivity index (χ1) is 14.4. The number of aryl methyl sites for hydroxylation is 1. The molecule has 4 N–H and O–H groups in total. The number of hydrogen-bond acceptors (Lipinski definition) is 6. The lowest BCUT2D eigenvalue weighted by atomic mass is 9.74. The molecule has 1 rings (SSSR count). The van der Waals surface area contributed by atoms with E-state index >= 15 is 0 Å². The largest absolute Gasteiger partial charge is 0.475 e. The van der Waals surface area contributed by atoms with Crippen LogP contribution in [0.4, 0.5) is 0 Å². The van der Waals surface area contributed by atoms with Gasteiger partial charge < -0.3 is 15.4 Å². The molecule has 1 amide bonds. The first-order valence-electron chi connectivity index (χ1n) is 10.7. The van der Waals surface area contributed by atoms with E-state index in [0.717, 1.165) is 31.1 Å². The number of sulfonamides is 1. The van der Waals surface area contributed by atoms with Crippen LogP contribution in [-0.4, -0.2) is 56.0 Å². The Morgan fingerprint density at radius 3 is 2.23 bits per heavy atom.